The van der Waals surface area contributed by atoms with Crippen molar-refractivity contribution in [2.24, 2.45) is 0 Å². The zero-order chi connectivity index (χ0) is 20.1. The van der Waals surface area contributed by atoms with E-state index in [2.05, 4.69) is 15.3 Å². The van der Waals surface area contributed by atoms with Gasteiger partial charge in [-0.2, -0.15) is 0 Å². The maximum absolute atomic E-state index is 12.8. The fourth-order valence-electron chi connectivity index (χ4n) is 2.28. The average Bonchev–Trinajstić information content (AvgIpc) is 2.70. The van der Waals surface area contributed by atoms with Crippen LogP contribution in [0.25, 0.3) is 0 Å². The second kappa shape index (κ2) is 8.68. The minimum Gasteiger partial charge on any atom is -0.495 e. The van der Waals surface area contributed by atoms with E-state index >= 15 is 0 Å². The van der Waals surface area contributed by atoms with Crippen molar-refractivity contribution in [1.29, 1.82) is 0 Å². The first kappa shape index (κ1) is 19.6. The number of non-ortho nitro benzene ring substituents is 1. The van der Waals surface area contributed by atoms with Gasteiger partial charge in [0.25, 0.3) is 11.6 Å². The SMILES string of the molecule is COc1ccccc1NC(=O)c1nc(Cl)ncc1Sc1ccc([N+](=O)[O-])cc1. The van der Waals surface area contributed by atoms with E-state index in [1.54, 1.807) is 36.4 Å². The number of methoxy groups -OCH3 is 1. The molecule has 0 fully saturated rings. The summed E-state index contributed by atoms with van der Waals surface area (Å²) in [5.41, 5.74) is 0.538. The maximum atomic E-state index is 12.8. The molecule has 1 amide bonds. The molecule has 142 valence electrons. The predicted octanol–water partition coefficient (Wildman–Crippen LogP) is 4.45. The van der Waals surface area contributed by atoms with Gasteiger partial charge in [0.2, 0.25) is 5.28 Å². The Morgan fingerprint density at radius 1 is 1.21 bits per heavy atom. The molecule has 0 atom stereocenters. The van der Waals surface area contributed by atoms with Gasteiger partial charge in [-0.15, -0.1) is 0 Å². The molecule has 0 aliphatic rings. The van der Waals surface area contributed by atoms with Gasteiger partial charge in [-0.3, -0.25) is 14.9 Å². The normalized spacial score (nSPS) is 10.4. The highest BCUT2D eigenvalue weighted by molar-refractivity contribution is 7.99. The number of nitrogens with zero attached hydrogens (tertiary/aromatic N) is 3. The first-order valence-electron chi connectivity index (χ1n) is 7.87. The number of amides is 1. The Labute approximate surface area is 169 Å². The molecule has 1 heterocycles. The lowest BCUT2D eigenvalue weighted by molar-refractivity contribution is -0.384. The molecule has 10 heteroatoms. The van der Waals surface area contributed by atoms with E-state index in [0.717, 1.165) is 0 Å². The number of hydrogen-bond acceptors (Lipinski definition) is 7. The zero-order valence-corrected chi connectivity index (χ0v) is 16.0. The van der Waals surface area contributed by atoms with Crippen molar-refractivity contribution in [2.45, 2.75) is 9.79 Å². The fourth-order valence-corrected chi connectivity index (χ4v) is 3.28. The third-order valence-electron chi connectivity index (χ3n) is 3.57. The van der Waals surface area contributed by atoms with Crippen LogP contribution in [0, 0.1) is 10.1 Å². The van der Waals surface area contributed by atoms with Crippen LogP contribution in [0.15, 0.2) is 64.5 Å². The number of carbonyl (C=O) groups excluding carboxylic acids is 1. The van der Waals surface area contributed by atoms with Crippen molar-refractivity contribution in [1.82, 2.24) is 9.97 Å². The number of aromatic nitrogens is 2. The molecule has 1 aromatic heterocycles. The highest BCUT2D eigenvalue weighted by atomic mass is 35.5. The van der Waals surface area contributed by atoms with Crippen LogP contribution in [-0.4, -0.2) is 27.9 Å². The lowest BCUT2D eigenvalue weighted by Gasteiger charge is -2.11. The molecule has 28 heavy (non-hydrogen) atoms. The number of hydrogen-bond donors (Lipinski definition) is 1. The van der Waals surface area contributed by atoms with Gasteiger partial charge in [-0.1, -0.05) is 23.9 Å². The van der Waals surface area contributed by atoms with E-state index < -0.39 is 10.8 Å². The molecular formula is C18H13ClN4O4S. The Kier molecular flexibility index (Phi) is 6.07. The minimum absolute atomic E-state index is 0.0224. The standard InChI is InChI=1S/C18H13ClN4O4S/c1-27-14-5-3-2-4-13(14)21-17(24)16-15(10-20-18(19)22-16)28-12-8-6-11(7-9-12)23(25)26/h2-10H,1H3,(H,21,24). The van der Waals surface area contributed by atoms with Crippen molar-refractivity contribution in [3.05, 3.63) is 75.8 Å². The second-order valence-electron chi connectivity index (χ2n) is 5.36. The molecule has 3 aromatic rings. The third-order valence-corrected chi connectivity index (χ3v) is 4.78. The Bertz CT molecular complexity index is 1030. The summed E-state index contributed by atoms with van der Waals surface area (Å²) < 4.78 is 5.23. The second-order valence-corrected chi connectivity index (χ2v) is 6.81. The maximum Gasteiger partial charge on any atom is 0.275 e. The number of para-hydroxylation sites is 2. The van der Waals surface area contributed by atoms with Gasteiger partial charge in [0.15, 0.2) is 0 Å². The van der Waals surface area contributed by atoms with Gasteiger partial charge in [0.1, 0.15) is 11.4 Å². The van der Waals surface area contributed by atoms with Crippen LogP contribution in [-0.2, 0) is 0 Å². The van der Waals surface area contributed by atoms with Gasteiger partial charge < -0.3 is 10.1 Å². The third kappa shape index (κ3) is 4.56. The van der Waals surface area contributed by atoms with E-state index in [4.69, 9.17) is 16.3 Å². The molecule has 0 saturated carbocycles. The molecule has 0 radical (unpaired) electrons. The highest BCUT2D eigenvalue weighted by Gasteiger charge is 2.18. The quantitative estimate of drug-likeness (QED) is 0.359. The Hall–Kier alpha value is -3.17. The zero-order valence-electron chi connectivity index (χ0n) is 14.5. The summed E-state index contributed by atoms with van der Waals surface area (Å²) in [4.78, 5) is 32.2. The number of nitro groups is 1. The Morgan fingerprint density at radius 3 is 2.61 bits per heavy atom. The molecule has 8 nitrogen and oxygen atoms in total. The minimum atomic E-state index is -0.488. The fraction of sp³-hybridized carbons (Fsp3) is 0.0556. The van der Waals surface area contributed by atoms with Gasteiger partial charge in [-0.25, -0.2) is 9.97 Å². The summed E-state index contributed by atoms with van der Waals surface area (Å²) in [7, 11) is 1.50. The summed E-state index contributed by atoms with van der Waals surface area (Å²) in [5.74, 6) is 0.0128. The molecule has 3 rings (SSSR count). The molecule has 0 aliphatic carbocycles. The lowest BCUT2D eigenvalue weighted by Crippen LogP contribution is -2.16. The Morgan fingerprint density at radius 2 is 1.93 bits per heavy atom. The van der Waals surface area contributed by atoms with Crippen LogP contribution in [0.3, 0.4) is 0 Å². The molecule has 0 unspecified atom stereocenters. The molecular weight excluding hydrogens is 404 g/mol. The van der Waals surface area contributed by atoms with Gasteiger partial charge in [0, 0.05) is 23.2 Å². The number of halogens is 1. The molecule has 0 bridgehead atoms. The van der Waals surface area contributed by atoms with Gasteiger partial charge in [0.05, 0.1) is 22.6 Å². The van der Waals surface area contributed by atoms with Gasteiger partial charge in [-0.05, 0) is 35.9 Å². The van der Waals surface area contributed by atoms with E-state index in [9.17, 15) is 14.9 Å². The molecule has 0 saturated heterocycles. The van der Waals surface area contributed by atoms with Crippen molar-refractivity contribution in [2.75, 3.05) is 12.4 Å². The van der Waals surface area contributed by atoms with Gasteiger partial charge >= 0.3 is 0 Å². The summed E-state index contributed by atoms with van der Waals surface area (Å²) in [6, 6.07) is 12.9. The largest absolute Gasteiger partial charge is 0.495 e. The number of nitrogens with one attached hydrogen (secondary N) is 1. The molecule has 0 spiro atoms. The number of rotatable bonds is 6. The van der Waals surface area contributed by atoms with Crippen LogP contribution >= 0.6 is 23.4 Å². The van der Waals surface area contributed by atoms with Crippen molar-refractivity contribution < 1.29 is 14.5 Å². The first-order chi connectivity index (χ1) is 13.5. The van der Waals surface area contributed by atoms with Crippen molar-refractivity contribution in [3.63, 3.8) is 0 Å². The highest BCUT2D eigenvalue weighted by Crippen LogP contribution is 2.32. The monoisotopic (exact) mass is 416 g/mol. The number of carbonyl (C=O) groups is 1. The van der Waals surface area contributed by atoms with Crippen molar-refractivity contribution >= 4 is 40.6 Å². The smallest absolute Gasteiger partial charge is 0.275 e. The average molecular weight is 417 g/mol. The molecule has 1 N–H and O–H groups in total. The first-order valence-corrected chi connectivity index (χ1v) is 9.06. The summed E-state index contributed by atoms with van der Waals surface area (Å²) in [6.45, 7) is 0. The topological polar surface area (TPSA) is 107 Å². The van der Waals surface area contributed by atoms with Crippen LogP contribution in [0.4, 0.5) is 11.4 Å². The van der Waals surface area contributed by atoms with E-state index in [1.165, 1.54) is 37.2 Å². The summed E-state index contributed by atoms with van der Waals surface area (Å²) in [5, 5.41) is 13.4. The van der Waals surface area contributed by atoms with E-state index in [1.807, 2.05) is 0 Å². The van der Waals surface area contributed by atoms with E-state index in [-0.39, 0.29) is 16.7 Å². The van der Waals surface area contributed by atoms with Crippen molar-refractivity contribution in [3.8, 4) is 5.75 Å². The molecule has 0 aliphatic heterocycles. The predicted molar refractivity (Wildman–Crippen MR) is 105 cm³/mol. The van der Waals surface area contributed by atoms with Crippen LogP contribution in [0.5, 0.6) is 5.75 Å². The van der Waals surface area contributed by atoms with Crippen LogP contribution < -0.4 is 10.1 Å². The summed E-state index contributed by atoms with van der Waals surface area (Å²) >= 11 is 7.06. The van der Waals surface area contributed by atoms with Crippen LogP contribution in [0.1, 0.15) is 10.5 Å². The molecule has 2 aromatic carbocycles. The number of benzene rings is 2. The lowest BCUT2D eigenvalue weighted by atomic mass is 10.2. The van der Waals surface area contributed by atoms with E-state index in [0.29, 0.717) is 21.2 Å². The number of anilines is 1. The summed E-state index contributed by atoms with van der Waals surface area (Å²) in [6.07, 6.45) is 1.43. The number of nitro benzene ring substituents is 1. The van der Waals surface area contributed by atoms with Crippen LogP contribution in [0.2, 0.25) is 5.28 Å². The number of ether oxygens (including phenoxy) is 1. The Balaban J connectivity index is 1.87.